The molecule has 1 fully saturated rings. The number of halogens is 1. The van der Waals surface area contributed by atoms with Crippen LogP contribution in [-0.2, 0) is 6.54 Å². The van der Waals surface area contributed by atoms with Crippen molar-refractivity contribution < 1.29 is 9.84 Å². The van der Waals surface area contributed by atoms with Gasteiger partial charge in [-0.15, -0.1) is 0 Å². The van der Waals surface area contributed by atoms with Crippen LogP contribution in [0.1, 0.15) is 52.0 Å². The quantitative estimate of drug-likeness (QED) is 0.837. The Morgan fingerprint density at radius 3 is 2.52 bits per heavy atom. The van der Waals surface area contributed by atoms with Crippen LogP contribution < -0.4 is 10.1 Å². The Hall–Kier alpha value is -0.580. The predicted octanol–water partition coefficient (Wildman–Crippen LogP) is 4.02. The molecule has 0 amide bonds. The first-order chi connectivity index (χ1) is 9.77. The van der Waals surface area contributed by atoms with Crippen molar-refractivity contribution in [1.29, 1.82) is 0 Å². The average molecular weight is 356 g/mol. The van der Waals surface area contributed by atoms with Crippen molar-refractivity contribution in [2.75, 3.05) is 6.61 Å². The van der Waals surface area contributed by atoms with Gasteiger partial charge in [0.2, 0.25) is 0 Å². The second-order valence-electron chi connectivity index (χ2n) is 7.09. The fourth-order valence-corrected chi connectivity index (χ4v) is 3.07. The summed E-state index contributed by atoms with van der Waals surface area (Å²) in [6, 6.07) is 6.12. The van der Waals surface area contributed by atoms with Crippen LogP contribution in [0.4, 0.5) is 0 Å². The smallest absolute Gasteiger partial charge is 0.133 e. The molecule has 0 aromatic heterocycles. The highest BCUT2D eigenvalue weighted by Crippen LogP contribution is 2.32. The van der Waals surface area contributed by atoms with E-state index in [1.807, 2.05) is 6.07 Å². The Morgan fingerprint density at radius 1 is 1.29 bits per heavy atom. The van der Waals surface area contributed by atoms with Crippen LogP contribution in [0.3, 0.4) is 0 Å². The second kappa shape index (κ2) is 6.67. The third-order valence-electron chi connectivity index (χ3n) is 3.85. The van der Waals surface area contributed by atoms with Crippen LogP contribution in [0.2, 0.25) is 0 Å². The van der Waals surface area contributed by atoms with E-state index in [4.69, 9.17) is 4.74 Å². The summed E-state index contributed by atoms with van der Waals surface area (Å²) in [5, 5.41) is 13.8. The number of nitrogens with one attached hydrogen (secondary N) is 1. The molecule has 2 rings (SSSR count). The fourth-order valence-electron chi connectivity index (χ4n) is 2.53. The van der Waals surface area contributed by atoms with Gasteiger partial charge in [0, 0.05) is 12.1 Å². The van der Waals surface area contributed by atoms with Gasteiger partial charge in [-0.1, -0.05) is 18.9 Å². The van der Waals surface area contributed by atoms with Gasteiger partial charge in [0.25, 0.3) is 0 Å². The zero-order valence-corrected chi connectivity index (χ0v) is 14.8. The lowest BCUT2D eigenvalue weighted by atomic mass is 10.0. The first kappa shape index (κ1) is 16.8. The topological polar surface area (TPSA) is 41.5 Å². The summed E-state index contributed by atoms with van der Waals surface area (Å²) in [5.41, 5.74) is 0.683. The van der Waals surface area contributed by atoms with Crippen molar-refractivity contribution in [3.8, 4) is 5.75 Å². The molecule has 0 saturated heterocycles. The number of hydrogen-bond donors (Lipinski definition) is 2. The summed E-state index contributed by atoms with van der Waals surface area (Å²) in [7, 11) is 0. The van der Waals surface area contributed by atoms with Crippen LogP contribution >= 0.6 is 15.9 Å². The number of benzene rings is 1. The first-order valence-electron chi connectivity index (χ1n) is 7.66. The lowest BCUT2D eigenvalue weighted by molar-refractivity contribution is 0.00118. The Morgan fingerprint density at radius 2 is 1.95 bits per heavy atom. The molecule has 0 heterocycles. The summed E-state index contributed by atoms with van der Waals surface area (Å²) in [6.07, 6.45) is 3.88. The van der Waals surface area contributed by atoms with Gasteiger partial charge in [-0.3, -0.25) is 0 Å². The molecule has 21 heavy (non-hydrogen) atoms. The number of aliphatic hydroxyl groups is 1. The number of hydrogen-bond acceptors (Lipinski definition) is 3. The van der Waals surface area contributed by atoms with Crippen molar-refractivity contribution in [1.82, 2.24) is 5.32 Å². The molecule has 0 aliphatic heterocycles. The Labute approximate surface area is 136 Å². The van der Waals surface area contributed by atoms with E-state index in [0.29, 0.717) is 6.61 Å². The van der Waals surface area contributed by atoms with Gasteiger partial charge in [-0.05, 0) is 67.2 Å². The molecule has 0 spiro atoms. The van der Waals surface area contributed by atoms with E-state index in [9.17, 15) is 5.11 Å². The van der Waals surface area contributed by atoms with Gasteiger partial charge in [-0.25, -0.2) is 0 Å². The van der Waals surface area contributed by atoms with E-state index in [1.54, 1.807) is 0 Å². The van der Waals surface area contributed by atoms with E-state index in [1.165, 1.54) is 5.56 Å². The molecule has 1 aromatic carbocycles. The Bertz CT molecular complexity index is 476. The Kier molecular flexibility index (Phi) is 5.33. The minimum atomic E-state index is -0.633. The normalized spacial score (nSPS) is 18.0. The molecular weight excluding hydrogens is 330 g/mol. The highest BCUT2D eigenvalue weighted by Gasteiger charge is 2.32. The minimum Gasteiger partial charge on any atom is -0.489 e. The maximum absolute atomic E-state index is 10.3. The first-order valence-corrected chi connectivity index (χ1v) is 8.45. The van der Waals surface area contributed by atoms with Crippen LogP contribution in [0.25, 0.3) is 0 Å². The zero-order valence-electron chi connectivity index (χ0n) is 13.2. The largest absolute Gasteiger partial charge is 0.489 e. The van der Waals surface area contributed by atoms with Crippen LogP contribution in [0.5, 0.6) is 5.75 Å². The van der Waals surface area contributed by atoms with E-state index in [0.717, 1.165) is 42.5 Å². The SMILES string of the molecule is CC(C)(C)NCc1ccc(OCC2(O)CCCC2)c(Br)c1. The maximum Gasteiger partial charge on any atom is 0.133 e. The van der Waals surface area contributed by atoms with Crippen LogP contribution in [0.15, 0.2) is 22.7 Å². The highest BCUT2D eigenvalue weighted by molar-refractivity contribution is 9.10. The number of rotatable bonds is 5. The lowest BCUT2D eigenvalue weighted by Crippen LogP contribution is -2.35. The monoisotopic (exact) mass is 355 g/mol. The van der Waals surface area contributed by atoms with Gasteiger partial charge >= 0.3 is 0 Å². The standard InChI is InChI=1S/C17H26BrNO2/c1-16(2,3)19-11-13-6-7-15(14(18)10-13)21-12-17(20)8-4-5-9-17/h6-7,10,19-20H,4-5,8-9,11-12H2,1-3H3. The third-order valence-corrected chi connectivity index (χ3v) is 4.47. The molecule has 3 nitrogen and oxygen atoms in total. The fraction of sp³-hybridized carbons (Fsp3) is 0.647. The van der Waals surface area contributed by atoms with E-state index < -0.39 is 5.60 Å². The van der Waals surface area contributed by atoms with Crippen molar-refractivity contribution in [2.24, 2.45) is 0 Å². The second-order valence-corrected chi connectivity index (χ2v) is 7.94. The summed E-state index contributed by atoms with van der Waals surface area (Å²) in [4.78, 5) is 0. The van der Waals surface area contributed by atoms with Gasteiger partial charge in [0.05, 0.1) is 10.1 Å². The average Bonchev–Trinajstić information content (AvgIpc) is 2.82. The minimum absolute atomic E-state index is 0.105. The zero-order chi connectivity index (χ0) is 15.5. The van der Waals surface area contributed by atoms with Crippen LogP contribution in [-0.4, -0.2) is 22.9 Å². The summed E-state index contributed by atoms with van der Waals surface area (Å²) >= 11 is 3.56. The molecule has 0 radical (unpaired) electrons. The van der Waals surface area contributed by atoms with Crippen molar-refractivity contribution in [2.45, 2.75) is 64.1 Å². The highest BCUT2D eigenvalue weighted by atomic mass is 79.9. The van der Waals surface area contributed by atoms with E-state index >= 15 is 0 Å². The Balaban J connectivity index is 1.92. The van der Waals surface area contributed by atoms with E-state index in [2.05, 4.69) is 54.2 Å². The van der Waals surface area contributed by atoms with Gasteiger partial charge in [0.1, 0.15) is 12.4 Å². The molecule has 0 bridgehead atoms. The molecule has 4 heteroatoms. The molecule has 1 aliphatic carbocycles. The molecule has 1 aromatic rings. The lowest BCUT2D eigenvalue weighted by Gasteiger charge is -2.23. The number of ether oxygens (including phenoxy) is 1. The molecule has 118 valence electrons. The van der Waals surface area contributed by atoms with Crippen molar-refractivity contribution in [3.05, 3.63) is 28.2 Å². The molecule has 2 N–H and O–H groups in total. The molecule has 1 aliphatic rings. The molecule has 1 saturated carbocycles. The molecular formula is C17H26BrNO2. The maximum atomic E-state index is 10.3. The van der Waals surface area contributed by atoms with Crippen molar-refractivity contribution in [3.63, 3.8) is 0 Å². The summed E-state index contributed by atoms with van der Waals surface area (Å²) < 4.78 is 6.75. The molecule has 0 unspecified atom stereocenters. The third kappa shape index (κ3) is 5.28. The summed E-state index contributed by atoms with van der Waals surface area (Å²) in [6.45, 7) is 7.67. The molecule has 0 atom stereocenters. The van der Waals surface area contributed by atoms with E-state index in [-0.39, 0.29) is 5.54 Å². The van der Waals surface area contributed by atoms with Gasteiger partial charge in [-0.2, -0.15) is 0 Å². The summed E-state index contributed by atoms with van der Waals surface area (Å²) in [5.74, 6) is 0.801. The van der Waals surface area contributed by atoms with Gasteiger partial charge < -0.3 is 15.2 Å². The van der Waals surface area contributed by atoms with Gasteiger partial charge in [0.15, 0.2) is 0 Å². The van der Waals surface area contributed by atoms with Crippen molar-refractivity contribution >= 4 is 15.9 Å². The predicted molar refractivity (Wildman–Crippen MR) is 89.6 cm³/mol. The van der Waals surface area contributed by atoms with Crippen LogP contribution in [0, 0.1) is 0 Å².